The standard InChI is InChI=1S/C35H23Cl2FI2N2O4S/c1-2-45-34(44)29-30(21-6-4-3-5-7-21)41-35-42(31(29)22-9-11-23(38)12-10-22)33(43)28(47-35)17-20-15-26(39)32(27(40)16-20)46-18-19-8-13-24(36)25(37)14-19/h3-17,31H,2,18H2,1H3/b28-17-/t31-/m1/s1. The zero-order valence-electron chi connectivity index (χ0n) is 24.5. The molecule has 2 heterocycles. The van der Waals surface area contributed by atoms with Crippen LogP contribution in [0.4, 0.5) is 4.39 Å². The van der Waals surface area contributed by atoms with Crippen molar-refractivity contribution in [3.63, 3.8) is 0 Å². The van der Waals surface area contributed by atoms with Crippen LogP contribution in [0.1, 0.15) is 35.2 Å². The van der Waals surface area contributed by atoms with E-state index in [2.05, 4.69) is 45.2 Å². The Morgan fingerprint density at radius 3 is 2.36 bits per heavy atom. The largest absolute Gasteiger partial charge is 0.487 e. The van der Waals surface area contributed by atoms with Crippen LogP contribution in [-0.2, 0) is 16.1 Å². The molecule has 0 unspecified atom stereocenters. The van der Waals surface area contributed by atoms with E-state index in [0.717, 1.165) is 18.3 Å². The van der Waals surface area contributed by atoms with Crippen LogP contribution in [0.25, 0.3) is 11.8 Å². The summed E-state index contributed by atoms with van der Waals surface area (Å²) in [6.45, 7) is 2.15. The summed E-state index contributed by atoms with van der Waals surface area (Å²) in [7, 11) is 0. The highest BCUT2D eigenvalue weighted by atomic mass is 127. The Kier molecular flexibility index (Phi) is 10.5. The van der Waals surface area contributed by atoms with Crippen LogP contribution in [0.3, 0.4) is 0 Å². The topological polar surface area (TPSA) is 69.9 Å². The molecule has 0 radical (unpaired) electrons. The van der Waals surface area contributed by atoms with Crippen molar-refractivity contribution in [1.82, 2.24) is 4.57 Å². The Labute approximate surface area is 310 Å². The molecule has 6 rings (SSSR count). The van der Waals surface area contributed by atoms with Crippen LogP contribution in [0, 0.1) is 13.0 Å². The summed E-state index contributed by atoms with van der Waals surface area (Å²) < 4.78 is 29.3. The first-order chi connectivity index (χ1) is 22.6. The van der Waals surface area contributed by atoms with Gasteiger partial charge >= 0.3 is 5.97 Å². The van der Waals surface area contributed by atoms with E-state index in [-0.39, 0.29) is 17.7 Å². The molecule has 0 saturated heterocycles. The van der Waals surface area contributed by atoms with Crippen molar-refractivity contribution in [2.45, 2.75) is 19.6 Å². The van der Waals surface area contributed by atoms with E-state index in [9.17, 15) is 14.0 Å². The normalized spacial score (nSPS) is 14.5. The first kappa shape index (κ1) is 33.8. The maximum absolute atomic E-state index is 14.2. The number of benzene rings is 4. The maximum atomic E-state index is 14.2. The predicted molar refractivity (Wildman–Crippen MR) is 200 cm³/mol. The summed E-state index contributed by atoms with van der Waals surface area (Å²) in [5.41, 5.74) is 3.19. The highest BCUT2D eigenvalue weighted by Crippen LogP contribution is 2.35. The average Bonchev–Trinajstić information content (AvgIpc) is 3.36. The van der Waals surface area contributed by atoms with Crippen molar-refractivity contribution in [1.29, 1.82) is 0 Å². The molecule has 238 valence electrons. The summed E-state index contributed by atoms with van der Waals surface area (Å²) in [6.07, 6.45) is 1.80. The lowest BCUT2D eigenvalue weighted by molar-refractivity contribution is -0.138. The molecule has 6 nitrogen and oxygen atoms in total. The minimum Gasteiger partial charge on any atom is -0.487 e. The molecule has 0 saturated carbocycles. The van der Waals surface area contributed by atoms with Crippen molar-refractivity contribution in [2.24, 2.45) is 4.99 Å². The van der Waals surface area contributed by atoms with Gasteiger partial charge in [0.05, 0.1) is 45.6 Å². The molecule has 0 fully saturated rings. The van der Waals surface area contributed by atoms with Crippen LogP contribution in [-0.4, -0.2) is 17.1 Å². The number of nitrogens with zero attached hydrogens (tertiary/aromatic N) is 2. The Hall–Kier alpha value is -3.04. The Morgan fingerprint density at radius 1 is 1.00 bits per heavy atom. The van der Waals surface area contributed by atoms with E-state index in [1.165, 1.54) is 28.0 Å². The van der Waals surface area contributed by atoms with Gasteiger partial charge in [-0.05, 0) is 111 Å². The molecule has 4 aromatic carbocycles. The third kappa shape index (κ3) is 7.21. The number of aromatic nitrogens is 1. The van der Waals surface area contributed by atoms with Gasteiger partial charge in [-0.3, -0.25) is 9.36 Å². The zero-order chi connectivity index (χ0) is 33.2. The molecule has 1 atom stereocenters. The second kappa shape index (κ2) is 14.6. The van der Waals surface area contributed by atoms with Crippen molar-refractivity contribution < 1.29 is 18.7 Å². The highest BCUT2D eigenvalue weighted by Gasteiger charge is 2.35. The Morgan fingerprint density at radius 2 is 1.70 bits per heavy atom. The third-order valence-electron chi connectivity index (χ3n) is 7.24. The van der Waals surface area contributed by atoms with E-state index in [1.807, 2.05) is 48.5 Å². The number of ether oxygens (including phenoxy) is 2. The van der Waals surface area contributed by atoms with Gasteiger partial charge in [-0.25, -0.2) is 14.2 Å². The van der Waals surface area contributed by atoms with Gasteiger partial charge < -0.3 is 9.47 Å². The van der Waals surface area contributed by atoms with Crippen LogP contribution in [0.2, 0.25) is 10.0 Å². The number of hydrogen-bond donors (Lipinski definition) is 0. The Bertz CT molecular complexity index is 2200. The van der Waals surface area contributed by atoms with Crippen molar-refractivity contribution in [3.8, 4) is 5.75 Å². The monoisotopic (exact) mass is 910 g/mol. The summed E-state index contributed by atoms with van der Waals surface area (Å²) in [5, 5.41) is 0.938. The van der Waals surface area contributed by atoms with Gasteiger partial charge in [0, 0.05) is 5.56 Å². The molecule has 0 N–H and O–H groups in total. The summed E-state index contributed by atoms with van der Waals surface area (Å²) in [4.78, 5) is 33.0. The predicted octanol–water partition coefficient (Wildman–Crippen LogP) is 8.17. The van der Waals surface area contributed by atoms with Crippen molar-refractivity contribution in [2.75, 3.05) is 6.61 Å². The SMILES string of the molecule is CCOC(=O)C1=C(c2ccccc2)N=c2s/c(=C\c3cc(I)c(OCc4ccc(Cl)c(Cl)c4)c(I)c3)c(=O)n2[C@@H]1c1ccc(F)cc1. The van der Waals surface area contributed by atoms with Gasteiger partial charge in [0.2, 0.25) is 0 Å². The van der Waals surface area contributed by atoms with Crippen LogP contribution in [0.15, 0.2) is 100 Å². The molecule has 47 heavy (non-hydrogen) atoms. The highest BCUT2D eigenvalue weighted by molar-refractivity contribution is 14.1. The van der Waals surface area contributed by atoms with E-state index in [0.29, 0.717) is 48.6 Å². The molecule has 1 aliphatic heterocycles. The van der Waals surface area contributed by atoms with Gasteiger partial charge in [-0.15, -0.1) is 0 Å². The van der Waals surface area contributed by atoms with E-state index < -0.39 is 17.8 Å². The lowest BCUT2D eigenvalue weighted by atomic mass is 9.93. The molecular formula is C35H23Cl2FI2N2O4S. The van der Waals surface area contributed by atoms with E-state index in [4.69, 9.17) is 37.7 Å². The molecule has 0 spiro atoms. The molecule has 5 aromatic rings. The van der Waals surface area contributed by atoms with E-state index in [1.54, 1.807) is 37.3 Å². The number of carbonyl (C=O) groups excluding carboxylic acids is 1. The first-order valence-electron chi connectivity index (χ1n) is 14.2. The number of fused-ring (bicyclic) bond motifs is 1. The van der Waals surface area contributed by atoms with Crippen molar-refractivity contribution in [3.05, 3.63) is 155 Å². The minimum absolute atomic E-state index is 0.134. The fourth-order valence-electron chi connectivity index (χ4n) is 5.14. The van der Waals surface area contributed by atoms with Crippen LogP contribution in [0.5, 0.6) is 5.75 Å². The summed E-state index contributed by atoms with van der Waals surface area (Å²) in [5.74, 6) is -0.322. The zero-order valence-corrected chi connectivity index (χ0v) is 31.1. The molecule has 1 aliphatic rings. The van der Waals surface area contributed by atoms with Crippen LogP contribution < -0.4 is 19.6 Å². The number of carbonyl (C=O) groups is 1. The minimum atomic E-state index is -0.888. The third-order valence-corrected chi connectivity index (χ3v) is 10.6. The second-order valence-corrected chi connectivity index (χ2v) is 14.5. The first-order valence-corrected chi connectivity index (χ1v) is 18.0. The van der Waals surface area contributed by atoms with Crippen LogP contribution >= 0.6 is 79.7 Å². The summed E-state index contributed by atoms with van der Waals surface area (Å²) in [6, 6.07) is 23.4. The number of hydrogen-bond acceptors (Lipinski definition) is 6. The molecule has 1 aromatic heterocycles. The van der Waals surface area contributed by atoms with Gasteiger partial charge in [0.25, 0.3) is 5.56 Å². The number of rotatable bonds is 8. The Balaban J connectivity index is 1.46. The maximum Gasteiger partial charge on any atom is 0.338 e. The molecular weight excluding hydrogens is 888 g/mol. The van der Waals surface area contributed by atoms with Gasteiger partial charge in [0.15, 0.2) is 4.80 Å². The lowest BCUT2D eigenvalue weighted by Crippen LogP contribution is -2.40. The molecule has 0 amide bonds. The van der Waals surface area contributed by atoms with Gasteiger partial charge in [0.1, 0.15) is 18.2 Å². The summed E-state index contributed by atoms with van der Waals surface area (Å²) >= 11 is 17.9. The fraction of sp³-hybridized carbons (Fsp3) is 0.114. The van der Waals surface area contributed by atoms with Gasteiger partial charge in [-0.2, -0.15) is 0 Å². The van der Waals surface area contributed by atoms with E-state index >= 15 is 0 Å². The molecule has 0 bridgehead atoms. The smallest absolute Gasteiger partial charge is 0.338 e. The fourth-order valence-corrected chi connectivity index (χ4v) is 8.59. The number of thiazole rings is 1. The molecule has 12 heteroatoms. The lowest BCUT2D eigenvalue weighted by Gasteiger charge is -2.25. The second-order valence-electron chi connectivity index (χ2n) is 10.3. The average molecular weight is 911 g/mol. The quantitative estimate of drug-likeness (QED) is 0.117. The van der Waals surface area contributed by atoms with Gasteiger partial charge in [-0.1, -0.05) is 83.1 Å². The number of halogens is 5. The van der Waals surface area contributed by atoms with Crippen molar-refractivity contribution >= 4 is 97.5 Å². The number of esters is 1. The molecule has 0 aliphatic carbocycles.